The SMILES string of the molecule is COc1ccc(C(F)(F)F)c(N2CCC3(CCN(c4cnc5cnn(CC(F)F)c5n4)CC3)C2=O)n1. The lowest BCUT2D eigenvalue weighted by Crippen LogP contribution is -2.45. The Balaban J connectivity index is 1.35. The number of alkyl halides is 5. The molecule has 1 spiro atoms. The first-order valence-corrected chi connectivity index (χ1v) is 11.3. The number of halogens is 5. The second-order valence-corrected chi connectivity index (χ2v) is 8.85. The van der Waals surface area contributed by atoms with Gasteiger partial charge in [0.2, 0.25) is 11.8 Å². The summed E-state index contributed by atoms with van der Waals surface area (Å²) in [5.74, 6) is -0.397. The van der Waals surface area contributed by atoms with Crippen molar-refractivity contribution in [3.05, 3.63) is 30.1 Å². The van der Waals surface area contributed by atoms with Gasteiger partial charge in [-0.2, -0.15) is 23.3 Å². The van der Waals surface area contributed by atoms with Gasteiger partial charge in [-0.3, -0.25) is 9.69 Å². The van der Waals surface area contributed by atoms with Crippen molar-refractivity contribution in [2.45, 2.75) is 38.4 Å². The number of rotatable bonds is 5. The van der Waals surface area contributed by atoms with Crippen molar-refractivity contribution in [1.82, 2.24) is 24.7 Å². The topological polar surface area (TPSA) is 89.3 Å². The molecule has 2 saturated heterocycles. The molecule has 0 unspecified atom stereocenters. The molecule has 0 bridgehead atoms. The molecule has 0 aliphatic carbocycles. The molecule has 5 rings (SSSR count). The number of nitrogens with zero attached hydrogens (tertiary/aromatic N) is 7. The number of aromatic nitrogens is 5. The van der Waals surface area contributed by atoms with Crippen LogP contribution < -0.4 is 14.5 Å². The molecular weight excluding hydrogens is 489 g/mol. The van der Waals surface area contributed by atoms with E-state index in [9.17, 15) is 26.7 Å². The quantitative estimate of drug-likeness (QED) is 0.484. The van der Waals surface area contributed by atoms with Gasteiger partial charge in [0.05, 0.1) is 30.5 Å². The zero-order chi connectivity index (χ0) is 25.7. The summed E-state index contributed by atoms with van der Waals surface area (Å²) in [5.41, 5.74) is -1.19. The van der Waals surface area contributed by atoms with Gasteiger partial charge in [0, 0.05) is 25.7 Å². The molecule has 0 N–H and O–H groups in total. The van der Waals surface area contributed by atoms with Crippen LogP contribution in [0.4, 0.5) is 33.6 Å². The zero-order valence-corrected chi connectivity index (χ0v) is 19.2. The first kappa shape index (κ1) is 24.1. The molecule has 2 aliphatic heterocycles. The van der Waals surface area contributed by atoms with E-state index in [0.29, 0.717) is 43.7 Å². The third-order valence-corrected chi connectivity index (χ3v) is 6.82. The molecule has 0 saturated carbocycles. The second-order valence-electron chi connectivity index (χ2n) is 8.85. The maximum absolute atomic E-state index is 13.6. The Morgan fingerprint density at radius 1 is 1.08 bits per heavy atom. The van der Waals surface area contributed by atoms with Crippen molar-refractivity contribution < 1.29 is 31.5 Å². The lowest BCUT2D eigenvalue weighted by atomic mass is 9.77. The van der Waals surface area contributed by atoms with E-state index in [4.69, 9.17) is 4.74 Å². The summed E-state index contributed by atoms with van der Waals surface area (Å²) < 4.78 is 72.7. The van der Waals surface area contributed by atoms with Crippen LogP contribution >= 0.6 is 0 Å². The molecule has 0 radical (unpaired) electrons. The van der Waals surface area contributed by atoms with Crippen molar-refractivity contribution in [1.29, 1.82) is 0 Å². The maximum Gasteiger partial charge on any atom is 0.419 e. The van der Waals surface area contributed by atoms with Gasteiger partial charge in [0.1, 0.15) is 17.9 Å². The summed E-state index contributed by atoms with van der Waals surface area (Å²) in [4.78, 5) is 29.1. The monoisotopic (exact) mass is 511 g/mol. The molecule has 3 aromatic rings. The van der Waals surface area contributed by atoms with Gasteiger partial charge in [0.25, 0.3) is 6.43 Å². The molecule has 192 valence electrons. The van der Waals surface area contributed by atoms with E-state index < -0.39 is 41.8 Å². The van der Waals surface area contributed by atoms with Crippen LogP contribution in [0.1, 0.15) is 24.8 Å². The number of ether oxygens (including phenoxy) is 1. The Morgan fingerprint density at radius 2 is 1.81 bits per heavy atom. The zero-order valence-electron chi connectivity index (χ0n) is 19.2. The summed E-state index contributed by atoms with van der Waals surface area (Å²) in [5, 5.41) is 3.91. The fourth-order valence-electron chi connectivity index (χ4n) is 4.88. The van der Waals surface area contributed by atoms with E-state index >= 15 is 0 Å². The molecular formula is C22H22F5N7O2. The van der Waals surface area contributed by atoms with Gasteiger partial charge in [-0.05, 0) is 25.3 Å². The predicted molar refractivity (Wildman–Crippen MR) is 118 cm³/mol. The number of methoxy groups -OCH3 is 1. The number of pyridine rings is 1. The molecule has 0 aromatic carbocycles. The summed E-state index contributed by atoms with van der Waals surface area (Å²) >= 11 is 0. The molecule has 2 fully saturated rings. The van der Waals surface area contributed by atoms with Crippen molar-refractivity contribution >= 4 is 28.7 Å². The third kappa shape index (κ3) is 4.17. The minimum absolute atomic E-state index is 0.0124. The minimum atomic E-state index is -4.68. The number of hydrogen-bond acceptors (Lipinski definition) is 7. The Morgan fingerprint density at radius 3 is 2.47 bits per heavy atom. The lowest BCUT2D eigenvalue weighted by Gasteiger charge is -2.38. The summed E-state index contributed by atoms with van der Waals surface area (Å²) in [7, 11) is 1.29. The number of anilines is 2. The molecule has 1 amide bonds. The second kappa shape index (κ2) is 8.82. The van der Waals surface area contributed by atoms with Crippen LogP contribution in [0.5, 0.6) is 5.88 Å². The number of hydrogen-bond donors (Lipinski definition) is 0. The van der Waals surface area contributed by atoms with E-state index in [-0.39, 0.29) is 18.1 Å². The maximum atomic E-state index is 13.6. The Kier molecular flexibility index (Phi) is 5.91. The highest BCUT2D eigenvalue weighted by atomic mass is 19.4. The highest BCUT2D eigenvalue weighted by Crippen LogP contribution is 2.46. The summed E-state index contributed by atoms with van der Waals surface area (Å²) in [6.07, 6.45) is -3.21. The van der Waals surface area contributed by atoms with Crippen molar-refractivity contribution in [3.63, 3.8) is 0 Å². The van der Waals surface area contributed by atoms with Gasteiger partial charge in [-0.25, -0.2) is 23.4 Å². The van der Waals surface area contributed by atoms with Crippen LogP contribution in [-0.4, -0.2) is 63.8 Å². The molecule has 5 heterocycles. The highest BCUT2D eigenvalue weighted by molar-refractivity contribution is 6.00. The normalized spacial score (nSPS) is 18.1. The number of amides is 1. The van der Waals surface area contributed by atoms with Gasteiger partial charge in [-0.15, -0.1) is 0 Å². The van der Waals surface area contributed by atoms with Crippen LogP contribution in [0.25, 0.3) is 11.2 Å². The number of carbonyl (C=O) groups excluding carboxylic acids is 1. The first-order chi connectivity index (χ1) is 17.1. The Hall–Kier alpha value is -3.58. The standard InChI is InChI=1S/C22H22F5N7O2/c1-36-17-3-2-13(22(25,26)27)18(31-17)33-9-6-21(20(33)35)4-7-32(8-5-21)16-11-28-14-10-29-34(12-15(23)24)19(14)30-16/h2-3,10-11,15H,4-9,12H2,1H3. The van der Waals surface area contributed by atoms with Crippen molar-refractivity contribution in [3.8, 4) is 5.88 Å². The number of fused-ring (bicyclic) bond motifs is 1. The Labute approximate surface area is 201 Å². The van der Waals surface area contributed by atoms with Crippen LogP contribution in [-0.2, 0) is 17.5 Å². The summed E-state index contributed by atoms with van der Waals surface area (Å²) in [6, 6.07) is 1.99. The van der Waals surface area contributed by atoms with Gasteiger partial charge >= 0.3 is 6.18 Å². The predicted octanol–water partition coefficient (Wildman–Crippen LogP) is 3.54. The van der Waals surface area contributed by atoms with E-state index in [0.717, 1.165) is 21.7 Å². The fraction of sp³-hybridized carbons (Fsp3) is 0.500. The molecule has 36 heavy (non-hydrogen) atoms. The molecule has 0 atom stereocenters. The van der Waals surface area contributed by atoms with Crippen LogP contribution in [0, 0.1) is 5.41 Å². The van der Waals surface area contributed by atoms with Crippen molar-refractivity contribution in [2.75, 3.05) is 36.5 Å². The van der Waals surface area contributed by atoms with E-state index in [1.165, 1.54) is 19.5 Å². The van der Waals surface area contributed by atoms with Gasteiger partial charge < -0.3 is 9.64 Å². The molecule has 2 aliphatic rings. The third-order valence-electron chi connectivity index (χ3n) is 6.82. The lowest BCUT2D eigenvalue weighted by molar-refractivity contribution is -0.137. The van der Waals surface area contributed by atoms with E-state index in [1.807, 2.05) is 4.90 Å². The molecule has 3 aromatic heterocycles. The highest BCUT2D eigenvalue weighted by Gasteiger charge is 2.51. The average Bonchev–Trinajstić information content (AvgIpc) is 3.38. The first-order valence-electron chi connectivity index (χ1n) is 11.3. The Bertz CT molecular complexity index is 1290. The number of carbonyl (C=O) groups is 1. The van der Waals surface area contributed by atoms with Gasteiger partial charge in [0.15, 0.2) is 11.5 Å². The number of piperidine rings is 1. The minimum Gasteiger partial charge on any atom is -0.481 e. The molecule has 9 nitrogen and oxygen atoms in total. The van der Waals surface area contributed by atoms with E-state index in [1.54, 1.807) is 0 Å². The summed E-state index contributed by atoms with van der Waals surface area (Å²) in [6.45, 7) is 0.314. The van der Waals surface area contributed by atoms with Crippen molar-refractivity contribution in [2.24, 2.45) is 5.41 Å². The van der Waals surface area contributed by atoms with Crippen LogP contribution in [0.15, 0.2) is 24.5 Å². The smallest absolute Gasteiger partial charge is 0.419 e. The molecule has 14 heteroatoms. The van der Waals surface area contributed by atoms with Crippen LogP contribution in [0.3, 0.4) is 0 Å². The van der Waals surface area contributed by atoms with Gasteiger partial charge in [-0.1, -0.05) is 0 Å². The van der Waals surface area contributed by atoms with E-state index in [2.05, 4.69) is 20.1 Å². The van der Waals surface area contributed by atoms with Crippen LogP contribution in [0.2, 0.25) is 0 Å². The average molecular weight is 511 g/mol. The largest absolute Gasteiger partial charge is 0.481 e. The fourth-order valence-corrected chi connectivity index (χ4v) is 4.88.